The molecular formula is C22H23ClN4Si. The predicted molar refractivity (Wildman–Crippen MR) is 119 cm³/mol. The third-order valence-electron chi connectivity index (χ3n) is 4.64. The Hall–Kier alpha value is -2.55. The number of hydrogen-bond donors (Lipinski definition) is 1. The summed E-state index contributed by atoms with van der Waals surface area (Å²) in [6, 6.07) is 10.5. The second-order valence-electron chi connectivity index (χ2n) is 8.16. The molecule has 3 aromatic rings. The van der Waals surface area contributed by atoms with E-state index in [-0.39, 0.29) is 6.04 Å². The SMILES string of the molecule is Cn1cc(-c2nc3c(cc2Cl)N[C@@H](CC#C[Si](C)(C)C)c2ccccc2-3)cn1. The first-order valence-corrected chi connectivity index (χ1v) is 13.2. The molecule has 3 heterocycles. The van der Waals surface area contributed by atoms with Gasteiger partial charge in [-0.3, -0.25) is 4.68 Å². The van der Waals surface area contributed by atoms with Crippen LogP contribution in [-0.4, -0.2) is 22.8 Å². The lowest BCUT2D eigenvalue weighted by molar-refractivity contribution is 0.768. The van der Waals surface area contributed by atoms with Crippen molar-refractivity contribution in [3.63, 3.8) is 0 Å². The summed E-state index contributed by atoms with van der Waals surface area (Å²) in [6.45, 7) is 6.80. The molecule has 0 aliphatic carbocycles. The van der Waals surface area contributed by atoms with Gasteiger partial charge in [0.15, 0.2) is 0 Å². The molecule has 0 spiro atoms. The Labute approximate surface area is 172 Å². The molecule has 4 rings (SSSR count). The van der Waals surface area contributed by atoms with Crippen LogP contribution < -0.4 is 5.32 Å². The van der Waals surface area contributed by atoms with Crippen LogP contribution in [0.3, 0.4) is 0 Å². The standard InChI is InChI=1S/C22H23ClN4Si/c1-27-14-15(13-24-27)21-18(23)12-20-22(26-21)17-9-6-5-8-16(17)19(25-20)10-7-11-28(2,3)4/h5-6,8-9,12-14,19,25H,10H2,1-4H3/t19-/m0/s1. The normalized spacial score (nSPS) is 15.1. The molecule has 0 saturated carbocycles. The molecule has 142 valence electrons. The number of aromatic nitrogens is 3. The van der Waals surface area contributed by atoms with Crippen LogP contribution in [0, 0.1) is 11.5 Å². The van der Waals surface area contributed by atoms with Gasteiger partial charge in [-0.25, -0.2) is 4.98 Å². The van der Waals surface area contributed by atoms with Crippen molar-refractivity contribution >= 4 is 25.4 Å². The maximum Gasteiger partial charge on any atom is 0.129 e. The Bertz CT molecular complexity index is 1100. The summed E-state index contributed by atoms with van der Waals surface area (Å²) in [5.41, 5.74) is 9.38. The molecule has 28 heavy (non-hydrogen) atoms. The van der Waals surface area contributed by atoms with E-state index in [1.165, 1.54) is 5.56 Å². The van der Waals surface area contributed by atoms with Gasteiger partial charge in [-0.2, -0.15) is 5.10 Å². The Morgan fingerprint density at radius 1 is 1.21 bits per heavy atom. The predicted octanol–water partition coefficient (Wildman–Crippen LogP) is 5.54. The lowest BCUT2D eigenvalue weighted by Crippen LogP contribution is -2.19. The number of benzene rings is 1. The number of aryl methyl sites for hydroxylation is 1. The van der Waals surface area contributed by atoms with E-state index in [9.17, 15) is 0 Å². The number of nitrogens with zero attached hydrogens (tertiary/aromatic N) is 3. The van der Waals surface area contributed by atoms with Crippen LogP contribution in [0.4, 0.5) is 5.69 Å². The van der Waals surface area contributed by atoms with Crippen LogP contribution in [-0.2, 0) is 7.05 Å². The minimum Gasteiger partial charge on any atom is -0.375 e. The molecular weight excluding hydrogens is 384 g/mol. The van der Waals surface area contributed by atoms with Gasteiger partial charge in [-0.1, -0.05) is 55.5 Å². The third kappa shape index (κ3) is 3.71. The number of nitrogens with one attached hydrogen (secondary N) is 1. The van der Waals surface area contributed by atoms with E-state index in [1.807, 2.05) is 19.3 Å². The van der Waals surface area contributed by atoms with Crippen LogP contribution >= 0.6 is 11.6 Å². The van der Waals surface area contributed by atoms with Crippen molar-refractivity contribution in [2.75, 3.05) is 5.32 Å². The minimum atomic E-state index is -1.39. The van der Waals surface area contributed by atoms with Crippen molar-refractivity contribution in [2.24, 2.45) is 7.05 Å². The van der Waals surface area contributed by atoms with Crippen LogP contribution in [0.2, 0.25) is 24.7 Å². The fourth-order valence-electron chi connectivity index (χ4n) is 3.41. The van der Waals surface area contributed by atoms with E-state index in [2.05, 4.69) is 65.8 Å². The molecule has 6 heteroatoms. The second kappa shape index (κ2) is 7.12. The van der Waals surface area contributed by atoms with Gasteiger partial charge < -0.3 is 5.32 Å². The van der Waals surface area contributed by atoms with Crippen molar-refractivity contribution in [2.45, 2.75) is 32.1 Å². The molecule has 4 nitrogen and oxygen atoms in total. The first-order chi connectivity index (χ1) is 13.3. The van der Waals surface area contributed by atoms with Gasteiger partial charge in [0.05, 0.1) is 34.3 Å². The number of hydrogen-bond acceptors (Lipinski definition) is 3. The van der Waals surface area contributed by atoms with Gasteiger partial charge in [0.1, 0.15) is 8.07 Å². The summed E-state index contributed by atoms with van der Waals surface area (Å²) >= 11 is 6.58. The van der Waals surface area contributed by atoms with Gasteiger partial charge in [0.2, 0.25) is 0 Å². The quantitative estimate of drug-likeness (QED) is 0.448. The van der Waals surface area contributed by atoms with Crippen molar-refractivity contribution in [1.29, 1.82) is 0 Å². The van der Waals surface area contributed by atoms with E-state index in [0.29, 0.717) is 5.02 Å². The summed E-state index contributed by atoms with van der Waals surface area (Å²) in [4.78, 5) is 4.91. The highest BCUT2D eigenvalue weighted by molar-refractivity contribution is 6.83. The van der Waals surface area contributed by atoms with Crippen LogP contribution in [0.15, 0.2) is 42.7 Å². The number of rotatable bonds is 2. The highest BCUT2D eigenvalue weighted by Crippen LogP contribution is 2.43. The summed E-state index contributed by atoms with van der Waals surface area (Å²) in [7, 11) is 0.500. The molecule has 2 aromatic heterocycles. The molecule has 1 atom stereocenters. The summed E-state index contributed by atoms with van der Waals surface area (Å²) < 4.78 is 1.76. The topological polar surface area (TPSA) is 42.7 Å². The second-order valence-corrected chi connectivity index (χ2v) is 13.3. The Balaban J connectivity index is 1.77. The van der Waals surface area contributed by atoms with Crippen molar-refractivity contribution in [3.8, 4) is 34.0 Å². The molecule has 1 aliphatic heterocycles. The molecule has 0 unspecified atom stereocenters. The number of fused-ring (bicyclic) bond motifs is 3. The Morgan fingerprint density at radius 2 is 2.00 bits per heavy atom. The fourth-order valence-corrected chi connectivity index (χ4v) is 4.30. The van der Waals surface area contributed by atoms with Crippen LogP contribution in [0.5, 0.6) is 0 Å². The van der Waals surface area contributed by atoms with E-state index in [1.54, 1.807) is 10.9 Å². The zero-order valence-corrected chi connectivity index (χ0v) is 18.3. The van der Waals surface area contributed by atoms with Crippen LogP contribution in [0.1, 0.15) is 18.0 Å². The monoisotopic (exact) mass is 406 g/mol. The lowest BCUT2D eigenvalue weighted by atomic mass is 9.91. The molecule has 0 bridgehead atoms. The number of pyridine rings is 1. The first-order valence-electron chi connectivity index (χ1n) is 9.37. The van der Waals surface area contributed by atoms with E-state index in [0.717, 1.165) is 34.6 Å². The summed E-state index contributed by atoms with van der Waals surface area (Å²) in [5, 5.41) is 8.47. The van der Waals surface area contributed by atoms with Gasteiger partial charge in [-0.15, -0.1) is 11.5 Å². The van der Waals surface area contributed by atoms with E-state index in [4.69, 9.17) is 16.6 Å². The molecule has 1 N–H and O–H groups in total. The summed E-state index contributed by atoms with van der Waals surface area (Å²) in [6.07, 6.45) is 4.48. The average molecular weight is 407 g/mol. The first kappa shape index (κ1) is 18.8. The van der Waals surface area contributed by atoms with Crippen molar-refractivity contribution < 1.29 is 0 Å². The molecule has 1 aliphatic rings. The highest BCUT2D eigenvalue weighted by Gasteiger charge is 2.26. The molecule has 0 fully saturated rings. The molecule has 0 radical (unpaired) electrons. The van der Waals surface area contributed by atoms with Gasteiger partial charge in [-0.05, 0) is 11.6 Å². The maximum absolute atomic E-state index is 6.58. The van der Waals surface area contributed by atoms with E-state index < -0.39 is 8.07 Å². The van der Waals surface area contributed by atoms with Crippen LogP contribution in [0.25, 0.3) is 22.5 Å². The highest BCUT2D eigenvalue weighted by atomic mass is 35.5. The third-order valence-corrected chi connectivity index (χ3v) is 5.86. The molecule has 1 aromatic carbocycles. The average Bonchev–Trinajstić information content (AvgIpc) is 3.06. The fraction of sp³-hybridized carbons (Fsp3) is 0.273. The minimum absolute atomic E-state index is 0.134. The molecule has 0 amide bonds. The maximum atomic E-state index is 6.58. The zero-order valence-electron chi connectivity index (χ0n) is 16.5. The van der Waals surface area contributed by atoms with Crippen molar-refractivity contribution in [3.05, 3.63) is 53.3 Å². The smallest absolute Gasteiger partial charge is 0.129 e. The molecule has 0 saturated heterocycles. The zero-order chi connectivity index (χ0) is 19.9. The van der Waals surface area contributed by atoms with E-state index >= 15 is 0 Å². The van der Waals surface area contributed by atoms with Gasteiger partial charge in [0.25, 0.3) is 0 Å². The Morgan fingerprint density at radius 3 is 2.71 bits per heavy atom. The van der Waals surface area contributed by atoms with Gasteiger partial charge in [0, 0.05) is 30.8 Å². The number of halogens is 1. The lowest BCUT2D eigenvalue weighted by Gasteiger charge is -2.28. The largest absolute Gasteiger partial charge is 0.375 e. The summed E-state index contributed by atoms with van der Waals surface area (Å²) in [5.74, 6) is 3.41. The Kier molecular flexibility index (Phi) is 4.78. The number of anilines is 1. The van der Waals surface area contributed by atoms with Crippen molar-refractivity contribution in [1.82, 2.24) is 14.8 Å². The van der Waals surface area contributed by atoms with Gasteiger partial charge >= 0.3 is 0 Å².